The Hall–Kier alpha value is -2.93. The van der Waals surface area contributed by atoms with Crippen molar-refractivity contribution in [1.29, 1.82) is 0 Å². The third-order valence-corrected chi connectivity index (χ3v) is 5.63. The molecule has 3 heterocycles. The molecule has 146 valence electrons. The van der Waals surface area contributed by atoms with Crippen molar-refractivity contribution in [2.75, 3.05) is 11.5 Å². The highest BCUT2D eigenvalue weighted by atomic mass is 16.5. The molecule has 1 aromatic carbocycles. The number of imide groups is 1. The van der Waals surface area contributed by atoms with Crippen LogP contribution in [0, 0.1) is 18.8 Å². The van der Waals surface area contributed by atoms with Crippen LogP contribution in [0.15, 0.2) is 47.1 Å². The molecule has 0 aliphatic carbocycles. The molecule has 0 spiro atoms. The van der Waals surface area contributed by atoms with Crippen LogP contribution in [-0.2, 0) is 19.1 Å². The molecule has 4 rings (SSSR count). The number of nitrogens with one attached hydrogen (secondary N) is 1. The number of benzene rings is 1. The van der Waals surface area contributed by atoms with Crippen LogP contribution in [0.25, 0.3) is 0 Å². The SMILES string of the molecule is CCOC(=O)[C@]1(C)N[C@H](c2ccco2)[C@@H]2C(=O)N(c3ccc(C)cc3)C(=O)[C@@H]21. The van der Waals surface area contributed by atoms with E-state index < -0.39 is 35.3 Å². The lowest BCUT2D eigenvalue weighted by Gasteiger charge is -2.28. The van der Waals surface area contributed by atoms with E-state index in [-0.39, 0.29) is 12.5 Å². The number of carbonyl (C=O) groups excluding carboxylic acids is 3. The predicted octanol–water partition coefficient (Wildman–Crippen LogP) is 2.36. The monoisotopic (exact) mass is 382 g/mol. The van der Waals surface area contributed by atoms with E-state index >= 15 is 0 Å². The Bertz CT molecular complexity index is 921. The summed E-state index contributed by atoms with van der Waals surface area (Å²) in [5, 5.41) is 3.16. The number of hydrogen-bond donors (Lipinski definition) is 1. The number of anilines is 1. The van der Waals surface area contributed by atoms with Gasteiger partial charge in [-0.15, -0.1) is 0 Å². The lowest BCUT2D eigenvalue weighted by Crippen LogP contribution is -2.54. The number of ether oxygens (including phenoxy) is 1. The first-order chi connectivity index (χ1) is 13.4. The third-order valence-electron chi connectivity index (χ3n) is 5.63. The molecule has 4 atom stereocenters. The Morgan fingerprint density at radius 2 is 1.93 bits per heavy atom. The molecule has 7 heteroatoms. The normalized spacial score (nSPS) is 29.2. The molecule has 2 aromatic rings. The zero-order chi connectivity index (χ0) is 20.1. The summed E-state index contributed by atoms with van der Waals surface area (Å²) in [5.41, 5.74) is 0.193. The van der Waals surface area contributed by atoms with Crippen molar-refractivity contribution < 1.29 is 23.5 Å². The minimum atomic E-state index is -1.33. The van der Waals surface area contributed by atoms with E-state index in [2.05, 4.69) is 5.32 Å². The van der Waals surface area contributed by atoms with Crippen LogP contribution in [0.3, 0.4) is 0 Å². The minimum Gasteiger partial charge on any atom is -0.468 e. The van der Waals surface area contributed by atoms with Crippen LogP contribution in [-0.4, -0.2) is 29.9 Å². The Balaban J connectivity index is 1.80. The molecular weight excluding hydrogens is 360 g/mol. The van der Waals surface area contributed by atoms with E-state index in [1.165, 1.54) is 11.2 Å². The van der Waals surface area contributed by atoms with Crippen LogP contribution in [0.4, 0.5) is 5.69 Å². The van der Waals surface area contributed by atoms with Crippen molar-refractivity contribution in [3.63, 3.8) is 0 Å². The number of fused-ring (bicyclic) bond motifs is 1. The van der Waals surface area contributed by atoms with Gasteiger partial charge in [0.05, 0.1) is 36.4 Å². The maximum Gasteiger partial charge on any atom is 0.326 e. The maximum absolute atomic E-state index is 13.3. The Morgan fingerprint density at radius 1 is 1.21 bits per heavy atom. The molecule has 0 bridgehead atoms. The van der Waals surface area contributed by atoms with Gasteiger partial charge in [-0.2, -0.15) is 0 Å². The van der Waals surface area contributed by atoms with Gasteiger partial charge >= 0.3 is 5.97 Å². The van der Waals surface area contributed by atoms with Crippen LogP contribution < -0.4 is 10.2 Å². The molecule has 2 fully saturated rings. The second-order valence-electron chi connectivity index (χ2n) is 7.41. The van der Waals surface area contributed by atoms with Gasteiger partial charge in [-0.1, -0.05) is 17.7 Å². The molecule has 1 aromatic heterocycles. The van der Waals surface area contributed by atoms with Gasteiger partial charge in [-0.25, -0.2) is 4.90 Å². The van der Waals surface area contributed by atoms with Crippen LogP contribution in [0.1, 0.15) is 31.2 Å². The summed E-state index contributed by atoms with van der Waals surface area (Å²) in [6.45, 7) is 5.44. The first-order valence-corrected chi connectivity index (χ1v) is 9.31. The second-order valence-corrected chi connectivity index (χ2v) is 7.41. The van der Waals surface area contributed by atoms with Crippen molar-refractivity contribution in [2.24, 2.45) is 11.8 Å². The molecule has 1 N–H and O–H groups in total. The summed E-state index contributed by atoms with van der Waals surface area (Å²) < 4.78 is 10.7. The summed E-state index contributed by atoms with van der Waals surface area (Å²) >= 11 is 0. The number of aryl methyl sites for hydroxylation is 1. The number of esters is 1. The van der Waals surface area contributed by atoms with Gasteiger partial charge in [0, 0.05) is 0 Å². The quantitative estimate of drug-likeness (QED) is 0.645. The molecule has 2 aliphatic rings. The Kier molecular flexibility index (Phi) is 4.34. The van der Waals surface area contributed by atoms with Crippen LogP contribution in [0.2, 0.25) is 0 Å². The molecule has 0 saturated carbocycles. The van der Waals surface area contributed by atoms with Crippen molar-refractivity contribution in [2.45, 2.75) is 32.4 Å². The standard InChI is InChI=1S/C21H22N2O5/c1-4-27-20(26)21(3)16-15(17(22-21)14-6-5-11-28-14)18(24)23(19(16)25)13-9-7-12(2)8-10-13/h5-11,15-17,22H,4H2,1-3H3/t15-,16-,17-,21-/m1/s1. The summed E-state index contributed by atoms with van der Waals surface area (Å²) in [6.07, 6.45) is 1.50. The largest absolute Gasteiger partial charge is 0.468 e. The average molecular weight is 382 g/mol. The number of rotatable bonds is 4. The fourth-order valence-corrected chi connectivity index (χ4v) is 4.27. The first kappa shape index (κ1) is 18.4. The fourth-order valence-electron chi connectivity index (χ4n) is 4.27. The summed E-state index contributed by atoms with van der Waals surface area (Å²) in [4.78, 5) is 40.6. The minimum absolute atomic E-state index is 0.183. The molecule has 28 heavy (non-hydrogen) atoms. The van der Waals surface area contributed by atoms with E-state index in [0.717, 1.165) is 5.56 Å². The fraction of sp³-hybridized carbons (Fsp3) is 0.381. The molecule has 0 unspecified atom stereocenters. The van der Waals surface area contributed by atoms with Crippen molar-refractivity contribution in [3.8, 4) is 0 Å². The lowest BCUT2D eigenvalue weighted by molar-refractivity contribution is -0.153. The maximum atomic E-state index is 13.3. The highest BCUT2D eigenvalue weighted by Gasteiger charge is 2.67. The van der Waals surface area contributed by atoms with Gasteiger partial charge in [-0.3, -0.25) is 19.7 Å². The second kappa shape index (κ2) is 6.60. The van der Waals surface area contributed by atoms with Crippen molar-refractivity contribution in [3.05, 3.63) is 54.0 Å². The van der Waals surface area contributed by atoms with Crippen molar-refractivity contribution >= 4 is 23.5 Å². The van der Waals surface area contributed by atoms with E-state index in [0.29, 0.717) is 11.4 Å². The van der Waals surface area contributed by atoms with Gasteiger partial charge in [-0.05, 0) is 45.0 Å². The Labute approximate surface area is 162 Å². The van der Waals surface area contributed by atoms with Gasteiger partial charge in [0.15, 0.2) is 0 Å². The van der Waals surface area contributed by atoms with E-state index in [1.54, 1.807) is 38.1 Å². The molecule has 2 amide bonds. The van der Waals surface area contributed by atoms with Crippen molar-refractivity contribution in [1.82, 2.24) is 5.32 Å². The lowest BCUT2D eigenvalue weighted by atomic mass is 9.81. The Morgan fingerprint density at radius 3 is 2.54 bits per heavy atom. The molecule has 7 nitrogen and oxygen atoms in total. The summed E-state index contributed by atoms with van der Waals surface area (Å²) in [7, 11) is 0. The van der Waals surface area contributed by atoms with Gasteiger partial charge in [0.1, 0.15) is 11.3 Å². The molecule has 2 aliphatic heterocycles. The zero-order valence-electron chi connectivity index (χ0n) is 16.0. The van der Waals surface area contributed by atoms with Crippen LogP contribution >= 0.6 is 0 Å². The van der Waals surface area contributed by atoms with E-state index in [9.17, 15) is 14.4 Å². The highest BCUT2D eigenvalue weighted by Crippen LogP contribution is 2.50. The summed E-state index contributed by atoms with van der Waals surface area (Å²) in [6, 6.07) is 10.0. The number of carbonyl (C=O) groups is 3. The summed E-state index contributed by atoms with van der Waals surface area (Å²) in [5.74, 6) is -2.43. The first-order valence-electron chi connectivity index (χ1n) is 9.31. The average Bonchev–Trinajstić information content (AvgIpc) is 3.35. The molecular formula is C21H22N2O5. The third kappa shape index (κ3) is 2.57. The van der Waals surface area contributed by atoms with Gasteiger partial charge in [0.2, 0.25) is 11.8 Å². The predicted molar refractivity (Wildman–Crippen MR) is 100 cm³/mol. The van der Waals surface area contributed by atoms with E-state index in [1.807, 2.05) is 19.1 Å². The number of nitrogens with zero attached hydrogens (tertiary/aromatic N) is 1. The smallest absolute Gasteiger partial charge is 0.326 e. The van der Waals surface area contributed by atoms with Gasteiger partial charge < -0.3 is 9.15 Å². The molecule has 0 radical (unpaired) electrons. The number of furan rings is 1. The van der Waals surface area contributed by atoms with E-state index in [4.69, 9.17) is 9.15 Å². The molecule has 2 saturated heterocycles. The topological polar surface area (TPSA) is 88.8 Å². The highest BCUT2D eigenvalue weighted by molar-refractivity contribution is 6.24. The number of hydrogen-bond acceptors (Lipinski definition) is 6. The number of amides is 2. The van der Waals surface area contributed by atoms with Crippen LogP contribution in [0.5, 0.6) is 0 Å². The zero-order valence-corrected chi connectivity index (χ0v) is 16.0. The van der Waals surface area contributed by atoms with Gasteiger partial charge in [0.25, 0.3) is 0 Å².